The Bertz CT molecular complexity index is 848. The van der Waals surface area contributed by atoms with Gasteiger partial charge in [0.25, 0.3) is 0 Å². The highest BCUT2D eigenvalue weighted by Gasteiger charge is 2.14. The molecule has 0 amide bonds. The molecule has 0 heterocycles. The van der Waals surface area contributed by atoms with Crippen LogP contribution >= 0.6 is 15.9 Å². The number of aryl methyl sites for hydroxylation is 1. The lowest BCUT2D eigenvalue weighted by Crippen LogP contribution is -2.10. The third kappa shape index (κ3) is 3.44. The first kappa shape index (κ1) is 16.5. The summed E-state index contributed by atoms with van der Waals surface area (Å²) in [6.07, 6.45) is 0. The van der Waals surface area contributed by atoms with Gasteiger partial charge in [-0.3, -0.25) is 0 Å². The molecule has 24 heavy (non-hydrogen) atoms. The largest absolute Gasteiger partial charge is 0.309 e. The molecule has 120 valence electrons. The molecule has 3 aromatic carbocycles. The van der Waals surface area contributed by atoms with E-state index in [1.807, 2.05) is 13.0 Å². The monoisotopic (exact) mass is 377 g/mol. The molecule has 3 rings (SSSR count). The van der Waals surface area contributed by atoms with Gasteiger partial charge < -0.3 is 4.90 Å². The van der Waals surface area contributed by atoms with Crippen LogP contribution in [0, 0.1) is 6.92 Å². The van der Waals surface area contributed by atoms with Gasteiger partial charge in [0.15, 0.2) is 0 Å². The quantitative estimate of drug-likeness (QED) is 0.462. The number of hydrogen-bond acceptors (Lipinski definition) is 1. The minimum atomic E-state index is 1.06. The maximum atomic E-state index is 4.02. The number of hydrogen-bond donors (Lipinski definition) is 0. The fraction of sp³-hybridized carbons (Fsp3) is 0.0909. The van der Waals surface area contributed by atoms with Gasteiger partial charge in [0.2, 0.25) is 0 Å². The lowest BCUT2D eigenvalue weighted by molar-refractivity contribution is 1.26. The molecule has 0 saturated heterocycles. The van der Waals surface area contributed by atoms with Crippen LogP contribution in [0.4, 0.5) is 17.1 Å². The summed E-state index contributed by atoms with van der Waals surface area (Å²) < 4.78 is 1.06. The van der Waals surface area contributed by atoms with Crippen LogP contribution in [0.25, 0.3) is 5.57 Å². The second-order valence-electron chi connectivity index (χ2n) is 5.95. The summed E-state index contributed by atoms with van der Waals surface area (Å²) in [6.45, 7) is 8.15. The summed E-state index contributed by atoms with van der Waals surface area (Å²) >= 11 is 3.69. The van der Waals surface area contributed by atoms with Crippen LogP contribution in [0.2, 0.25) is 0 Å². The Hall–Kier alpha value is -2.32. The van der Waals surface area contributed by atoms with Crippen molar-refractivity contribution in [3.63, 3.8) is 0 Å². The first-order chi connectivity index (χ1) is 11.6. The van der Waals surface area contributed by atoms with Crippen LogP contribution in [0.15, 0.2) is 83.8 Å². The molecule has 0 radical (unpaired) electrons. The lowest BCUT2D eigenvalue weighted by Gasteiger charge is -2.26. The fourth-order valence-corrected chi connectivity index (χ4v) is 3.11. The van der Waals surface area contributed by atoms with E-state index < -0.39 is 0 Å². The van der Waals surface area contributed by atoms with Gasteiger partial charge >= 0.3 is 0 Å². The summed E-state index contributed by atoms with van der Waals surface area (Å²) in [5.74, 6) is 0. The Balaban J connectivity index is 2.13. The normalized spacial score (nSPS) is 10.5. The highest BCUT2D eigenvalue weighted by Crippen LogP contribution is 2.38. The van der Waals surface area contributed by atoms with Crippen LogP contribution in [0.3, 0.4) is 0 Å². The van der Waals surface area contributed by atoms with Crippen molar-refractivity contribution in [2.24, 2.45) is 0 Å². The molecule has 0 aliphatic carbocycles. The van der Waals surface area contributed by atoms with E-state index in [2.05, 4.69) is 101 Å². The van der Waals surface area contributed by atoms with Crippen molar-refractivity contribution in [1.29, 1.82) is 0 Å². The summed E-state index contributed by atoms with van der Waals surface area (Å²) in [7, 11) is 0. The summed E-state index contributed by atoms with van der Waals surface area (Å²) in [5, 5.41) is 0. The van der Waals surface area contributed by atoms with E-state index in [1.54, 1.807) is 0 Å². The molecule has 0 atom stereocenters. The number of nitrogens with zero attached hydrogens (tertiary/aromatic N) is 1. The zero-order chi connectivity index (χ0) is 17.1. The molecule has 0 aromatic heterocycles. The standard InChI is InChI=1S/C22H20BrN/c1-16(2)18-10-14-20(15-11-18)24(19-12-8-17(3)9-13-19)22-7-5-4-6-21(22)23/h4-15H,1H2,2-3H3. The zero-order valence-corrected chi connectivity index (χ0v) is 15.5. The minimum Gasteiger partial charge on any atom is -0.309 e. The Labute approximate surface area is 152 Å². The molecule has 0 fully saturated rings. The van der Waals surface area contributed by atoms with E-state index in [0.29, 0.717) is 0 Å². The Morgan fingerprint density at radius 2 is 1.38 bits per heavy atom. The maximum Gasteiger partial charge on any atom is 0.0603 e. The highest BCUT2D eigenvalue weighted by atomic mass is 79.9. The average Bonchev–Trinajstić information content (AvgIpc) is 2.59. The number of halogens is 1. The molecule has 0 spiro atoms. The van der Waals surface area contributed by atoms with Crippen molar-refractivity contribution in [2.75, 3.05) is 4.90 Å². The third-order valence-electron chi connectivity index (χ3n) is 4.00. The van der Waals surface area contributed by atoms with E-state index in [1.165, 1.54) is 5.56 Å². The van der Waals surface area contributed by atoms with Crippen molar-refractivity contribution in [3.8, 4) is 0 Å². The van der Waals surface area contributed by atoms with Crippen LogP contribution in [0.1, 0.15) is 18.1 Å². The van der Waals surface area contributed by atoms with Gasteiger partial charge in [0.05, 0.1) is 5.69 Å². The van der Waals surface area contributed by atoms with Crippen LogP contribution in [-0.2, 0) is 0 Å². The first-order valence-corrected chi connectivity index (χ1v) is 8.73. The summed E-state index contributed by atoms with van der Waals surface area (Å²) in [4.78, 5) is 2.26. The number of para-hydroxylation sites is 1. The Morgan fingerprint density at radius 3 is 1.92 bits per heavy atom. The van der Waals surface area contributed by atoms with Gasteiger partial charge in [-0.15, -0.1) is 0 Å². The first-order valence-electron chi connectivity index (χ1n) is 7.93. The van der Waals surface area contributed by atoms with Gasteiger partial charge in [-0.1, -0.05) is 54.1 Å². The number of anilines is 3. The number of allylic oxidation sites excluding steroid dienone is 1. The van der Waals surface area contributed by atoms with Gasteiger partial charge in [0.1, 0.15) is 0 Å². The van der Waals surface area contributed by atoms with E-state index >= 15 is 0 Å². The Kier molecular flexibility index (Phi) is 4.86. The second-order valence-corrected chi connectivity index (χ2v) is 6.80. The number of benzene rings is 3. The summed E-state index contributed by atoms with van der Waals surface area (Å²) in [5.41, 5.74) is 6.86. The molecule has 0 bridgehead atoms. The van der Waals surface area contributed by atoms with E-state index in [-0.39, 0.29) is 0 Å². The third-order valence-corrected chi connectivity index (χ3v) is 4.67. The van der Waals surface area contributed by atoms with Gasteiger partial charge in [-0.25, -0.2) is 0 Å². The zero-order valence-electron chi connectivity index (χ0n) is 14.0. The van der Waals surface area contributed by atoms with Gasteiger partial charge in [0, 0.05) is 15.8 Å². The molecule has 2 heteroatoms. The smallest absolute Gasteiger partial charge is 0.0603 e. The topological polar surface area (TPSA) is 3.24 Å². The van der Waals surface area contributed by atoms with Crippen LogP contribution in [0.5, 0.6) is 0 Å². The second kappa shape index (κ2) is 7.06. The summed E-state index contributed by atoms with van der Waals surface area (Å²) in [6, 6.07) is 25.4. The highest BCUT2D eigenvalue weighted by molar-refractivity contribution is 9.10. The van der Waals surface area contributed by atoms with E-state index in [4.69, 9.17) is 0 Å². The average molecular weight is 378 g/mol. The van der Waals surface area contributed by atoms with Crippen molar-refractivity contribution < 1.29 is 0 Å². The van der Waals surface area contributed by atoms with E-state index in [0.717, 1.165) is 32.7 Å². The van der Waals surface area contributed by atoms with Gasteiger partial charge in [-0.05, 0) is 71.7 Å². The van der Waals surface area contributed by atoms with Crippen molar-refractivity contribution in [1.82, 2.24) is 0 Å². The molecule has 0 saturated carbocycles. The minimum absolute atomic E-state index is 1.06. The van der Waals surface area contributed by atoms with Crippen molar-refractivity contribution >= 4 is 38.6 Å². The molecular weight excluding hydrogens is 358 g/mol. The molecule has 1 nitrogen and oxygen atoms in total. The molecule has 0 aliphatic rings. The molecule has 3 aromatic rings. The predicted molar refractivity (Wildman–Crippen MR) is 108 cm³/mol. The molecule has 0 unspecified atom stereocenters. The van der Waals surface area contributed by atoms with Crippen LogP contribution < -0.4 is 4.90 Å². The molecular formula is C22H20BrN. The number of rotatable bonds is 4. The Morgan fingerprint density at radius 1 is 0.833 bits per heavy atom. The SMILES string of the molecule is C=C(C)c1ccc(N(c2ccc(C)cc2)c2ccccc2Br)cc1. The predicted octanol–water partition coefficient (Wildman–Crippen LogP) is 7.26. The fourth-order valence-electron chi connectivity index (χ4n) is 2.65. The van der Waals surface area contributed by atoms with Crippen molar-refractivity contribution in [2.45, 2.75) is 13.8 Å². The maximum absolute atomic E-state index is 4.02. The van der Waals surface area contributed by atoms with Crippen molar-refractivity contribution in [3.05, 3.63) is 95.0 Å². The van der Waals surface area contributed by atoms with E-state index in [9.17, 15) is 0 Å². The molecule has 0 aliphatic heterocycles. The van der Waals surface area contributed by atoms with Crippen LogP contribution in [-0.4, -0.2) is 0 Å². The lowest BCUT2D eigenvalue weighted by atomic mass is 10.1. The molecule has 0 N–H and O–H groups in total. The van der Waals surface area contributed by atoms with Gasteiger partial charge in [-0.2, -0.15) is 0 Å².